The lowest BCUT2D eigenvalue weighted by molar-refractivity contribution is 0.410. The lowest BCUT2D eigenvalue weighted by atomic mass is 10.0. The summed E-state index contributed by atoms with van der Waals surface area (Å²) < 4.78 is 0. The first-order chi connectivity index (χ1) is 9.61. The molecular formula is C16H20N4. The van der Waals surface area contributed by atoms with Crippen LogP contribution < -0.4 is 5.73 Å². The number of aromatic nitrogens is 2. The lowest BCUT2D eigenvalue weighted by Gasteiger charge is -2.12. The first-order valence-corrected chi connectivity index (χ1v) is 7.02. The molecule has 1 atom stereocenters. The van der Waals surface area contributed by atoms with Gasteiger partial charge >= 0.3 is 0 Å². The molecule has 0 radical (unpaired) electrons. The van der Waals surface area contributed by atoms with Gasteiger partial charge in [0.05, 0.1) is 0 Å². The first kappa shape index (κ1) is 13.1. The van der Waals surface area contributed by atoms with Crippen molar-refractivity contribution < 1.29 is 0 Å². The van der Waals surface area contributed by atoms with E-state index in [0.717, 1.165) is 41.6 Å². The summed E-state index contributed by atoms with van der Waals surface area (Å²) in [6, 6.07) is 9.86. The van der Waals surface area contributed by atoms with Crippen molar-refractivity contribution in [2.45, 2.75) is 19.3 Å². The average molecular weight is 268 g/mol. The number of nitrogen functional groups attached to an aromatic ring is 1. The zero-order valence-corrected chi connectivity index (χ0v) is 12.0. The number of hydrogen-bond donors (Lipinski definition) is 1. The van der Waals surface area contributed by atoms with Crippen molar-refractivity contribution in [1.82, 2.24) is 14.9 Å². The Morgan fingerprint density at radius 1 is 1.20 bits per heavy atom. The number of rotatable bonds is 2. The van der Waals surface area contributed by atoms with E-state index < -0.39 is 0 Å². The van der Waals surface area contributed by atoms with Crippen LogP contribution in [0.3, 0.4) is 0 Å². The molecule has 0 spiro atoms. The fourth-order valence-electron chi connectivity index (χ4n) is 2.74. The molecule has 1 aliphatic rings. The molecule has 4 heteroatoms. The van der Waals surface area contributed by atoms with Crippen LogP contribution in [0.5, 0.6) is 0 Å². The van der Waals surface area contributed by atoms with Crippen LogP contribution in [0.4, 0.5) is 5.69 Å². The monoisotopic (exact) mass is 268 g/mol. The van der Waals surface area contributed by atoms with Crippen molar-refractivity contribution in [3.8, 4) is 11.4 Å². The molecule has 1 saturated heterocycles. The smallest absolute Gasteiger partial charge is 0.159 e. The van der Waals surface area contributed by atoms with Gasteiger partial charge in [-0.1, -0.05) is 0 Å². The molecule has 2 heterocycles. The maximum atomic E-state index is 5.73. The molecular weight excluding hydrogens is 248 g/mol. The van der Waals surface area contributed by atoms with E-state index >= 15 is 0 Å². The summed E-state index contributed by atoms with van der Waals surface area (Å²) in [5.74, 6) is 1.32. The van der Waals surface area contributed by atoms with Crippen molar-refractivity contribution in [1.29, 1.82) is 0 Å². The minimum absolute atomic E-state index is 0.522. The summed E-state index contributed by atoms with van der Waals surface area (Å²) in [6.45, 7) is 4.26. The van der Waals surface area contributed by atoms with Crippen LogP contribution in [0.25, 0.3) is 11.4 Å². The molecule has 1 aromatic heterocycles. The molecule has 1 unspecified atom stereocenters. The van der Waals surface area contributed by atoms with Crippen molar-refractivity contribution in [2.75, 3.05) is 25.9 Å². The molecule has 0 amide bonds. The molecule has 0 aliphatic carbocycles. The summed E-state index contributed by atoms with van der Waals surface area (Å²) >= 11 is 0. The standard InChI is InChI=1S/C16H20N4/c1-11-9-15(13-7-8-20(2)10-13)19-16(18-11)12-3-5-14(17)6-4-12/h3-6,9,13H,7-8,10,17H2,1-2H3. The van der Waals surface area contributed by atoms with E-state index in [-0.39, 0.29) is 0 Å². The number of nitrogens with zero attached hydrogens (tertiary/aromatic N) is 3. The normalized spacial score (nSPS) is 19.4. The highest BCUT2D eigenvalue weighted by Crippen LogP contribution is 2.27. The Labute approximate surface area is 119 Å². The molecule has 20 heavy (non-hydrogen) atoms. The second kappa shape index (κ2) is 5.21. The summed E-state index contributed by atoms with van der Waals surface area (Å²) in [5, 5.41) is 0. The zero-order valence-electron chi connectivity index (χ0n) is 12.0. The quantitative estimate of drug-likeness (QED) is 0.850. The number of likely N-dealkylation sites (tertiary alicyclic amines) is 1. The van der Waals surface area contributed by atoms with E-state index in [0.29, 0.717) is 5.92 Å². The maximum Gasteiger partial charge on any atom is 0.159 e. The van der Waals surface area contributed by atoms with Crippen LogP contribution in [0.15, 0.2) is 30.3 Å². The van der Waals surface area contributed by atoms with Crippen LogP contribution in [0, 0.1) is 6.92 Å². The van der Waals surface area contributed by atoms with Crippen LogP contribution in [0.1, 0.15) is 23.7 Å². The minimum Gasteiger partial charge on any atom is -0.399 e. The van der Waals surface area contributed by atoms with Gasteiger partial charge < -0.3 is 10.6 Å². The predicted octanol–water partition coefficient (Wildman–Crippen LogP) is 2.45. The van der Waals surface area contributed by atoms with Gasteiger partial charge in [-0.15, -0.1) is 0 Å². The Morgan fingerprint density at radius 2 is 1.95 bits per heavy atom. The number of anilines is 1. The molecule has 4 nitrogen and oxygen atoms in total. The topological polar surface area (TPSA) is 55.0 Å². The second-order valence-electron chi connectivity index (χ2n) is 5.63. The van der Waals surface area contributed by atoms with Gasteiger partial charge in [0.1, 0.15) is 0 Å². The molecule has 1 aromatic carbocycles. The molecule has 3 rings (SSSR count). The minimum atomic E-state index is 0.522. The van der Waals surface area contributed by atoms with E-state index in [1.807, 2.05) is 31.2 Å². The van der Waals surface area contributed by atoms with Gasteiger partial charge in [-0.05, 0) is 57.3 Å². The largest absolute Gasteiger partial charge is 0.399 e. The van der Waals surface area contributed by atoms with Gasteiger partial charge in [0.25, 0.3) is 0 Å². The van der Waals surface area contributed by atoms with Crippen molar-refractivity contribution >= 4 is 5.69 Å². The van der Waals surface area contributed by atoms with E-state index in [1.165, 1.54) is 6.42 Å². The van der Waals surface area contributed by atoms with E-state index in [9.17, 15) is 0 Å². The third-order valence-corrected chi connectivity index (χ3v) is 3.85. The van der Waals surface area contributed by atoms with Gasteiger partial charge in [0, 0.05) is 35.1 Å². The lowest BCUT2D eigenvalue weighted by Crippen LogP contribution is -2.14. The van der Waals surface area contributed by atoms with Crippen molar-refractivity contribution in [2.24, 2.45) is 0 Å². The third-order valence-electron chi connectivity index (χ3n) is 3.85. The van der Waals surface area contributed by atoms with Crippen LogP contribution in [-0.4, -0.2) is 35.0 Å². The van der Waals surface area contributed by atoms with Gasteiger partial charge in [-0.2, -0.15) is 0 Å². The van der Waals surface area contributed by atoms with E-state index in [2.05, 4.69) is 23.0 Å². The average Bonchev–Trinajstić information content (AvgIpc) is 2.85. The fraction of sp³-hybridized carbons (Fsp3) is 0.375. The van der Waals surface area contributed by atoms with E-state index in [1.54, 1.807) is 0 Å². The first-order valence-electron chi connectivity index (χ1n) is 7.02. The summed E-state index contributed by atoms with van der Waals surface area (Å²) in [4.78, 5) is 11.7. The number of likely N-dealkylation sites (N-methyl/N-ethyl adjacent to an activating group) is 1. The number of aryl methyl sites for hydroxylation is 1. The highest BCUT2D eigenvalue weighted by atomic mass is 15.1. The van der Waals surface area contributed by atoms with Crippen molar-refractivity contribution in [3.05, 3.63) is 41.7 Å². The summed E-state index contributed by atoms with van der Waals surface area (Å²) in [5.41, 5.74) is 9.70. The Hall–Kier alpha value is -1.94. The number of hydrogen-bond acceptors (Lipinski definition) is 4. The highest BCUT2D eigenvalue weighted by Gasteiger charge is 2.23. The molecule has 2 aromatic rings. The Kier molecular flexibility index (Phi) is 3.40. The van der Waals surface area contributed by atoms with Crippen LogP contribution >= 0.6 is 0 Å². The number of benzene rings is 1. The third kappa shape index (κ3) is 2.65. The summed E-state index contributed by atoms with van der Waals surface area (Å²) in [6.07, 6.45) is 1.17. The number of nitrogens with two attached hydrogens (primary N) is 1. The van der Waals surface area contributed by atoms with Gasteiger partial charge in [-0.25, -0.2) is 9.97 Å². The van der Waals surface area contributed by atoms with Gasteiger partial charge in [0.15, 0.2) is 5.82 Å². The molecule has 2 N–H and O–H groups in total. The zero-order chi connectivity index (χ0) is 14.1. The Balaban J connectivity index is 1.96. The van der Waals surface area contributed by atoms with Crippen LogP contribution in [0.2, 0.25) is 0 Å². The Bertz CT molecular complexity index is 606. The fourth-order valence-corrected chi connectivity index (χ4v) is 2.74. The van der Waals surface area contributed by atoms with Gasteiger partial charge in [0.2, 0.25) is 0 Å². The maximum absolute atomic E-state index is 5.73. The van der Waals surface area contributed by atoms with Gasteiger partial charge in [-0.3, -0.25) is 0 Å². The predicted molar refractivity (Wildman–Crippen MR) is 81.5 cm³/mol. The summed E-state index contributed by atoms with van der Waals surface area (Å²) in [7, 11) is 2.16. The molecule has 0 saturated carbocycles. The second-order valence-corrected chi connectivity index (χ2v) is 5.63. The molecule has 1 aliphatic heterocycles. The molecule has 104 valence electrons. The Morgan fingerprint density at radius 3 is 2.60 bits per heavy atom. The molecule has 1 fully saturated rings. The van der Waals surface area contributed by atoms with Crippen molar-refractivity contribution in [3.63, 3.8) is 0 Å². The van der Waals surface area contributed by atoms with E-state index in [4.69, 9.17) is 10.7 Å². The highest BCUT2D eigenvalue weighted by molar-refractivity contribution is 5.58. The molecule has 0 bridgehead atoms. The SMILES string of the molecule is Cc1cc(C2CCN(C)C2)nc(-c2ccc(N)cc2)n1. The van der Waals surface area contributed by atoms with Crippen LogP contribution in [-0.2, 0) is 0 Å².